The number of hydrogen-bond donors (Lipinski definition) is 1. The van der Waals surface area contributed by atoms with Crippen LogP contribution in [0.4, 0.5) is 0 Å². The Kier molecular flexibility index (Phi) is 12.7. The van der Waals surface area contributed by atoms with Gasteiger partial charge in [0.15, 0.2) is 5.78 Å². The van der Waals surface area contributed by atoms with Crippen LogP contribution in [0.5, 0.6) is 0 Å². The Hall–Kier alpha value is -3.15. The number of carbonyl (C=O) groups excluding carboxylic acids is 1. The maximum atomic E-state index is 12.2. The van der Waals surface area contributed by atoms with Gasteiger partial charge in [0.1, 0.15) is 5.76 Å². The number of aromatic nitrogens is 1. The molecule has 0 aliphatic carbocycles. The summed E-state index contributed by atoms with van der Waals surface area (Å²) in [6.07, 6.45) is 6.69. The average Bonchev–Trinajstić information content (AvgIpc) is 3.78. The number of benzene rings is 3. The Morgan fingerprint density at radius 2 is 1.48 bits per heavy atom. The number of fused-ring (bicyclic) bond motifs is 3. The normalized spacial score (nSPS) is 12.5. The van der Waals surface area contributed by atoms with Gasteiger partial charge < -0.3 is 5.11 Å². The number of pyridine rings is 1. The maximum absolute atomic E-state index is 12.2. The number of hydrogen-bond acceptors (Lipinski definition) is 5. The van der Waals surface area contributed by atoms with Gasteiger partial charge in [-0.2, -0.15) is 0 Å². The summed E-state index contributed by atoms with van der Waals surface area (Å²) in [6, 6.07) is 27.8. The van der Waals surface area contributed by atoms with Crippen LogP contribution in [0.15, 0.2) is 90.1 Å². The number of allylic oxidation sites excluding steroid dienone is 2. The van der Waals surface area contributed by atoms with E-state index in [0.29, 0.717) is 0 Å². The van der Waals surface area contributed by atoms with E-state index in [1.165, 1.54) is 47.6 Å². The Morgan fingerprint density at radius 3 is 2.14 bits per heavy atom. The van der Waals surface area contributed by atoms with Gasteiger partial charge in [-0.3, -0.25) is 9.78 Å². The van der Waals surface area contributed by atoms with E-state index in [-0.39, 0.29) is 47.9 Å². The molecule has 0 spiro atoms. The fourth-order valence-corrected chi connectivity index (χ4v) is 8.09. The van der Waals surface area contributed by atoms with Crippen molar-refractivity contribution in [1.82, 2.24) is 4.98 Å². The van der Waals surface area contributed by atoms with Crippen LogP contribution < -0.4 is 0 Å². The van der Waals surface area contributed by atoms with Crippen molar-refractivity contribution in [2.24, 2.45) is 10.8 Å². The van der Waals surface area contributed by atoms with E-state index >= 15 is 0 Å². The van der Waals surface area contributed by atoms with Crippen LogP contribution >= 0.6 is 22.7 Å². The third kappa shape index (κ3) is 8.00. The first-order chi connectivity index (χ1) is 23.3. The average molecular weight is 881 g/mol. The van der Waals surface area contributed by atoms with Gasteiger partial charge in [-0.15, -0.1) is 51.8 Å². The molecule has 6 aromatic rings. The van der Waals surface area contributed by atoms with Crippen molar-refractivity contribution in [3.05, 3.63) is 102 Å². The van der Waals surface area contributed by atoms with Crippen LogP contribution in [0.25, 0.3) is 52.6 Å². The Labute approximate surface area is 320 Å². The molecule has 0 aliphatic rings. The monoisotopic (exact) mass is 881 g/mol. The van der Waals surface area contributed by atoms with E-state index in [2.05, 4.69) is 98.9 Å². The molecule has 0 saturated carbocycles. The molecule has 1 N–H and O–H groups in total. The zero-order chi connectivity index (χ0) is 35.6. The number of ketones is 1. The van der Waals surface area contributed by atoms with Gasteiger partial charge in [0.05, 0.1) is 0 Å². The van der Waals surface area contributed by atoms with Crippen LogP contribution in [0.2, 0.25) is 0 Å². The molecule has 0 fully saturated rings. The summed E-state index contributed by atoms with van der Waals surface area (Å²) in [7, 11) is 0. The van der Waals surface area contributed by atoms with Crippen LogP contribution in [0.3, 0.4) is 0 Å². The van der Waals surface area contributed by atoms with Gasteiger partial charge in [-0.1, -0.05) is 104 Å². The van der Waals surface area contributed by atoms with E-state index in [1.807, 2.05) is 59.1 Å². The molecule has 0 bridgehead atoms. The molecular weight excluding hydrogens is 831 g/mol. The van der Waals surface area contributed by atoms with Crippen molar-refractivity contribution >= 4 is 59.4 Å². The quantitative estimate of drug-likeness (QED) is 0.0894. The summed E-state index contributed by atoms with van der Waals surface area (Å²) in [5, 5.41) is 17.2. The second kappa shape index (κ2) is 16.0. The molecule has 1 radical (unpaired) electrons. The molecule has 6 heteroatoms. The molecule has 0 aliphatic heterocycles. The zero-order valence-electron chi connectivity index (χ0n) is 30.9. The Bertz CT molecular complexity index is 2120. The van der Waals surface area contributed by atoms with Gasteiger partial charge in [-0.05, 0) is 66.1 Å². The largest absolute Gasteiger partial charge is 0.512 e. The first-order valence-electron chi connectivity index (χ1n) is 17.5. The third-order valence-electron chi connectivity index (χ3n) is 10.6. The first kappa shape index (κ1) is 39.6. The zero-order valence-corrected chi connectivity index (χ0v) is 34.9. The van der Waals surface area contributed by atoms with E-state index in [9.17, 15) is 9.90 Å². The summed E-state index contributed by atoms with van der Waals surface area (Å²) >= 11 is 3.64. The fourth-order valence-electron chi connectivity index (χ4n) is 6.18. The van der Waals surface area contributed by atoms with E-state index in [1.54, 1.807) is 11.3 Å². The summed E-state index contributed by atoms with van der Waals surface area (Å²) < 4.78 is 2.59. The second-order valence-corrected chi connectivity index (χ2v) is 16.7. The molecule has 265 valence electrons. The molecule has 50 heavy (non-hydrogen) atoms. The van der Waals surface area contributed by atoms with Gasteiger partial charge in [0, 0.05) is 74.1 Å². The summed E-state index contributed by atoms with van der Waals surface area (Å²) in [5.41, 5.74) is 4.14. The first-order valence-corrected chi connectivity index (χ1v) is 19.2. The molecule has 6 rings (SSSR count). The fraction of sp³-hybridized carbons (Fsp3) is 0.364. The van der Waals surface area contributed by atoms with Crippen molar-refractivity contribution < 1.29 is 30.0 Å². The third-order valence-corrected chi connectivity index (χ3v) is 12.7. The molecule has 0 unspecified atom stereocenters. The maximum Gasteiger partial charge on any atom is 0.164 e. The van der Waals surface area contributed by atoms with Crippen LogP contribution in [-0.4, -0.2) is 15.9 Å². The van der Waals surface area contributed by atoms with Gasteiger partial charge in [0.25, 0.3) is 0 Å². The van der Waals surface area contributed by atoms with Crippen LogP contribution in [0.1, 0.15) is 93.6 Å². The topological polar surface area (TPSA) is 50.2 Å². The van der Waals surface area contributed by atoms with Crippen molar-refractivity contribution in [3.8, 4) is 21.7 Å². The standard InChI is InChI=1S/C29H22NS2.C15H28O2.Ir/c1-29(2,3)24-16-19(15-18-7-4-5-8-20(18)24)28-23-17-27(32-26(23)11-13-30-28)21-9-6-10-25-22(21)12-14-31-25;1-7-14(5,8-2)12(16)11-13(17)15(6,9-3)10-4;/h4-14,16-17H,1-3H3;11,16H,7-10H2,1-6H3;/q-1;;/b;12-11-;. The molecule has 0 amide bonds. The van der Waals surface area contributed by atoms with Crippen molar-refractivity contribution in [1.29, 1.82) is 0 Å². The van der Waals surface area contributed by atoms with Crippen LogP contribution in [-0.2, 0) is 30.3 Å². The molecule has 0 atom stereocenters. The minimum absolute atomic E-state index is 0. The number of rotatable bonds is 9. The number of thiophene rings is 2. The molecule has 3 aromatic heterocycles. The number of carbonyl (C=O) groups is 1. The van der Waals surface area contributed by atoms with Crippen molar-refractivity contribution in [2.75, 3.05) is 0 Å². The van der Waals surface area contributed by atoms with E-state index in [4.69, 9.17) is 4.98 Å². The van der Waals surface area contributed by atoms with Crippen molar-refractivity contribution in [2.45, 2.75) is 93.4 Å². The summed E-state index contributed by atoms with van der Waals surface area (Å²) in [5.74, 6) is 0.286. The molecule has 3 nitrogen and oxygen atoms in total. The van der Waals surface area contributed by atoms with Gasteiger partial charge in [-0.25, -0.2) is 0 Å². The Morgan fingerprint density at radius 1 is 0.800 bits per heavy atom. The second-order valence-electron chi connectivity index (χ2n) is 14.6. The van der Waals surface area contributed by atoms with Gasteiger partial charge >= 0.3 is 0 Å². The van der Waals surface area contributed by atoms with Crippen molar-refractivity contribution in [3.63, 3.8) is 0 Å². The molecular formula is C44H50IrNO2S2-. The molecule has 3 heterocycles. The minimum atomic E-state index is -0.337. The van der Waals surface area contributed by atoms with E-state index < -0.39 is 0 Å². The van der Waals surface area contributed by atoms with Gasteiger partial charge in [0.2, 0.25) is 0 Å². The van der Waals surface area contributed by atoms with E-state index in [0.717, 1.165) is 42.3 Å². The number of aliphatic hydroxyl groups excluding tert-OH is 1. The molecule has 3 aromatic carbocycles. The van der Waals surface area contributed by atoms with Crippen LogP contribution in [0, 0.1) is 16.9 Å². The predicted octanol–water partition coefficient (Wildman–Crippen LogP) is 13.7. The number of nitrogens with zero attached hydrogens (tertiary/aromatic N) is 1. The SMILES string of the molecule is CC(C)(C)c1cc(-c2nccc3sc(-c4cccc5sccc45)cc23)[c-]c2ccccc12.CCC(C)(CC)C(=O)/C=C(\O)C(C)(CC)CC.[Ir]. The smallest absolute Gasteiger partial charge is 0.164 e. The molecule has 0 saturated heterocycles. The number of aliphatic hydroxyl groups is 1. The summed E-state index contributed by atoms with van der Waals surface area (Å²) in [6.45, 7) is 18.9. The Balaban J connectivity index is 0.000000269. The predicted molar refractivity (Wildman–Crippen MR) is 214 cm³/mol. The minimum Gasteiger partial charge on any atom is -0.512 e. The summed E-state index contributed by atoms with van der Waals surface area (Å²) in [4.78, 5) is 18.3.